The zero-order chi connectivity index (χ0) is 14.8. The Morgan fingerprint density at radius 2 is 2.00 bits per heavy atom. The molecule has 0 heterocycles. The van der Waals surface area contributed by atoms with E-state index in [0.29, 0.717) is 19.6 Å². The van der Waals surface area contributed by atoms with E-state index in [2.05, 4.69) is 6.92 Å². The van der Waals surface area contributed by atoms with Crippen LogP contribution in [0.15, 0.2) is 30.3 Å². The number of benzene rings is 1. The smallest absolute Gasteiger partial charge is 0.137 e. The highest BCUT2D eigenvalue weighted by Crippen LogP contribution is 2.11. The minimum Gasteiger partial charge on any atom is -0.377 e. The molecular formula is C17H27NO2. The molecule has 0 unspecified atom stereocenters. The first-order chi connectivity index (χ1) is 9.65. The van der Waals surface area contributed by atoms with Crippen LogP contribution < -0.4 is 5.73 Å². The Kier molecular flexibility index (Phi) is 8.16. The molecule has 0 aliphatic heterocycles. The third-order valence-electron chi connectivity index (χ3n) is 3.63. The lowest BCUT2D eigenvalue weighted by molar-refractivity contribution is -0.123. The van der Waals surface area contributed by atoms with Gasteiger partial charge in [-0.3, -0.25) is 4.79 Å². The molecule has 1 rings (SSSR count). The second-order valence-electron chi connectivity index (χ2n) is 5.35. The molecule has 0 spiro atoms. The van der Waals surface area contributed by atoms with Crippen molar-refractivity contribution in [1.82, 2.24) is 0 Å². The van der Waals surface area contributed by atoms with E-state index in [9.17, 15) is 4.79 Å². The Morgan fingerprint density at radius 1 is 1.30 bits per heavy atom. The SMILES string of the molecule is CCCCC(=O)[C@@H](C)[C@H](N)CCOCc1ccccc1. The van der Waals surface area contributed by atoms with Gasteiger partial charge in [-0.2, -0.15) is 0 Å². The largest absolute Gasteiger partial charge is 0.377 e. The van der Waals surface area contributed by atoms with Crippen molar-refractivity contribution in [1.29, 1.82) is 0 Å². The van der Waals surface area contributed by atoms with Crippen LogP contribution in [0.5, 0.6) is 0 Å². The number of carbonyl (C=O) groups is 1. The molecule has 2 atom stereocenters. The molecule has 0 bridgehead atoms. The Morgan fingerprint density at radius 3 is 2.65 bits per heavy atom. The predicted molar refractivity (Wildman–Crippen MR) is 82.4 cm³/mol. The number of Topliss-reactive ketones (excluding diaryl/α,β-unsaturated/α-hetero) is 1. The molecule has 3 nitrogen and oxygen atoms in total. The fourth-order valence-corrected chi connectivity index (χ4v) is 2.05. The quantitative estimate of drug-likeness (QED) is 0.667. The summed E-state index contributed by atoms with van der Waals surface area (Å²) in [6, 6.07) is 9.96. The van der Waals surface area contributed by atoms with E-state index in [-0.39, 0.29) is 17.7 Å². The van der Waals surface area contributed by atoms with Crippen molar-refractivity contribution in [2.45, 2.75) is 52.2 Å². The molecule has 112 valence electrons. The number of ether oxygens (including phenoxy) is 1. The molecule has 0 radical (unpaired) electrons. The van der Waals surface area contributed by atoms with Gasteiger partial charge in [-0.1, -0.05) is 50.6 Å². The summed E-state index contributed by atoms with van der Waals surface area (Å²) in [5.74, 6) is 0.212. The van der Waals surface area contributed by atoms with Crippen LogP contribution in [0.3, 0.4) is 0 Å². The minimum absolute atomic E-state index is 0.0677. The van der Waals surface area contributed by atoms with Crippen molar-refractivity contribution in [2.75, 3.05) is 6.61 Å². The molecule has 0 aromatic heterocycles. The summed E-state index contributed by atoms with van der Waals surface area (Å²) in [6.45, 7) is 5.22. The Hall–Kier alpha value is -1.19. The molecule has 1 aromatic carbocycles. The van der Waals surface area contributed by atoms with Gasteiger partial charge in [0.1, 0.15) is 5.78 Å². The first kappa shape index (κ1) is 16.9. The van der Waals surface area contributed by atoms with Gasteiger partial charge in [0.15, 0.2) is 0 Å². The average Bonchev–Trinajstić information content (AvgIpc) is 2.49. The van der Waals surface area contributed by atoms with Crippen molar-refractivity contribution in [3.05, 3.63) is 35.9 Å². The first-order valence-electron chi connectivity index (χ1n) is 7.55. The van der Waals surface area contributed by atoms with E-state index in [0.717, 1.165) is 24.8 Å². The number of ketones is 1. The van der Waals surface area contributed by atoms with Crippen LogP contribution in [-0.4, -0.2) is 18.4 Å². The van der Waals surface area contributed by atoms with Gasteiger partial charge in [0.25, 0.3) is 0 Å². The van der Waals surface area contributed by atoms with Gasteiger partial charge in [-0.15, -0.1) is 0 Å². The lowest BCUT2D eigenvalue weighted by Crippen LogP contribution is -2.34. The Labute approximate surface area is 122 Å². The lowest BCUT2D eigenvalue weighted by Gasteiger charge is -2.18. The van der Waals surface area contributed by atoms with Gasteiger partial charge >= 0.3 is 0 Å². The first-order valence-corrected chi connectivity index (χ1v) is 7.55. The number of rotatable bonds is 10. The van der Waals surface area contributed by atoms with Crippen LogP contribution in [0.2, 0.25) is 0 Å². The van der Waals surface area contributed by atoms with E-state index in [4.69, 9.17) is 10.5 Å². The summed E-state index contributed by atoms with van der Waals surface area (Å²) in [7, 11) is 0. The number of hydrogen-bond acceptors (Lipinski definition) is 3. The van der Waals surface area contributed by atoms with Crippen molar-refractivity contribution >= 4 is 5.78 Å². The second kappa shape index (κ2) is 9.67. The Bertz CT molecular complexity index is 378. The fraction of sp³-hybridized carbons (Fsp3) is 0.588. The van der Waals surface area contributed by atoms with Gasteiger partial charge in [0.2, 0.25) is 0 Å². The topological polar surface area (TPSA) is 52.3 Å². The van der Waals surface area contributed by atoms with Crippen LogP contribution in [0.1, 0.15) is 45.1 Å². The highest BCUT2D eigenvalue weighted by molar-refractivity contribution is 5.81. The van der Waals surface area contributed by atoms with Gasteiger partial charge in [0.05, 0.1) is 6.61 Å². The number of hydrogen-bond donors (Lipinski definition) is 1. The number of unbranched alkanes of at least 4 members (excludes halogenated alkanes) is 1. The summed E-state index contributed by atoms with van der Waals surface area (Å²) < 4.78 is 5.61. The number of carbonyl (C=O) groups excluding carboxylic acids is 1. The van der Waals surface area contributed by atoms with E-state index in [1.807, 2.05) is 37.3 Å². The molecule has 0 aliphatic rings. The molecule has 0 saturated carbocycles. The second-order valence-corrected chi connectivity index (χ2v) is 5.35. The molecule has 3 heteroatoms. The molecule has 0 saturated heterocycles. The van der Waals surface area contributed by atoms with Crippen molar-refractivity contribution in [3.8, 4) is 0 Å². The van der Waals surface area contributed by atoms with Gasteiger partial charge in [-0.25, -0.2) is 0 Å². The Balaban J connectivity index is 2.19. The minimum atomic E-state index is -0.102. The predicted octanol–water partition coefficient (Wildman–Crippen LogP) is 3.32. The van der Waals surface area contributed by atoms with Gasteiger partial charge < -0.3 is 10.5 Å². The summed E-state index contributed by atoms with van der Waals surface area (Å²) in [6.07, 6.45) is 3.39. The standard InChI is InChI=1S/C17H27NO2/c1-3-4-10-17(19)14(2)16(18)11-12-20-13-15-8-6-5-7-9-15/h5-9,14,16H,3-4,10-13,18H2,1-2H3/t14-,16+/m0/s1. The fourth-order valence-electron chi connectivity index (χ4n) is 2.05. The van der Waals surface area contributed by atoms with E-state index < -0.39 is 0 Å². The van der Waals surface area contributed by atoms with Gasteiger partial charge in [0, 0.05) is 25.0 Å². The summed E-state index contributed by atoms with van der Waals surface area (Å²) in [5.41, 5.74) is 7.23. The van der Waals surface area contributed by atoms with E-state index >= 15 is 0 Å². The molecule has 20 heavy (non-hydrogen) atoms. The molecule has 2 N–H and O–H groups in total. The maximum Gasteiger partial charge on any atom is 0.137 e. The van der Waals surface area contributed by atoms with E-state index in [1.54, 1.807) is 0 Å². The number of nitrogens with two attached hydrogens (primary N) is 1. The highest BCUT2D eigenvalue weighted by Gasteiger charge is 2.19. The molecule has 0 fully saturated rings. The van der Waals surface area contributed by atoms with E-state index in [1.165, 1.54) is 0 Å². The van der Waals surface area contributed by atoms with Crippen molar-refractivity contribution in [3.63, 3.8) is 0 Å². The van der Waals surface area contributed by atoms with Crippen molar-refractivity contribution < 1.29 is 9.53 Å². The van der Waals surface area contributed by atoms with Gasteiger partial charge in [-0.05, 0) is 18.4 Å². The average molecular weight is 277 g/mol. The molecule has 0 amide bonds. The highest BCUT2D eigenvalue weighted by atomic mass is 16.5. The normalized spacial score (nSPS) is 13.9. The lowest BCUT2D eigenvalue weighted by atomic mass is 9.93. The van der Waals surface area contributed by atoms with Crippen LogP contribution in [-0.2, 0) is 16.1 Å². The van der Waals surface area contributed by atoms with Crippen LogP contribution in [0.25, 0.3) is 0 Å². The monoisotopic (exact) mass is 277 g/mol. The summed E-state index contributed by atoms with van der Waals surface area (Å²) in [5, 5.41) is 0. The summed E-state index contributed by atoms with van der Waals surface area (Å²) in [4.78, 5) is 11.9. The van der Waals surface area contributed by atoms with Crippen molar-refractivity contribution in [2.24, 2.45) is 11.7 Å². The molecule has 0 aliphatic carbocycles. The summed E-state index contributed by atoms with van der Waals surface area (Å²) >= 11 is 0. The third kappa shape index (κ3) is 6.31. The van der Waals surface area contributed by atoms with Crippen LogP contribution >= 0.6 is 0 Å². The molecule has 1 aromatic rings. The van der Waals surface area contributed by atoms with Crippen LogP contribution in [0.4, 0.5) is 0 Å². The third-order valence-corrected chi connectivity index (χ3v) is 3.63. The molecular weight excluding hydrogens is 250 g/mol. The zero-order valence-electron chi connectivity index (χ0n) is 12.7. The van der Waals surface area contributed by atoms with Crippen LogP contribution in [0, 0.1) is 5.92 Å². The maximum absolute atomic E-state index is 11.9. The zero-order valence-corrected chi connectivity index (χ0v) is 12.7. The maximum atomic E-state index is 11.9.